The Morgan fingerprint density at radius 2 is 1.90 bits per heavy atom. The first-order valence-electron chi connectivity index (χ1n) is 9.26. The number of fused-ring (bicyclic) bond motifs is 1. The molecule has 2 N–H and O–H groups in total. The van der Waals surface area contributed by atoms with E-state index in [1.807, 2.05) is 50.2 Å². The van der Waals surface area contributed by atoms with Crippen LogP contribution in [0.4, 0.5) is 0 Å². The molecule has 6 heteroatoms. The van der Waals surface area contributed by atoms with E-state index in [1.54, 1.807) is 6.08 Å². The second-order valence-electron chi connectivity index (χ2n) is 6.98. The lowest BCUT2D eigenvalue weighted by molar-refractivity contribution is -0.131. The summed E-state index contributed by atoms with van der Waals surface area (Å²) in [5.74, 6) is -0.976. The largest absolute Gasteiger partial charge is 0.477 e. The SMILES string of the molecule is Cc1cccc(-n2c(C)cc(/C=C(/Sc3nc4ccccc4[nH]3)C(=O)O)c2C)c1. The van der Waals surface area contributed by atoms with Crippen molar-refractivity contribution in [3.8, 4) is 5.69 Å². The van der Waals surface area contributed by atoms with Crippen LogP contribution in [0.1, 0.15) is 22.5 Å². The highest BCUT2D eigenvalue weighted by atomic mass is 32.2. The number of aromatic amines is 1. The molecule has 0 saturated heterocycles. The fourth-order valence-electron chi connectivity index (χ4n) is 3.46. The molecule has 0 spiro atoms. The van der Waals surface area contributed by atoms with Crippen molar-refractivity contribution in [2.45, 2.75) is 25.9 Å². The van der Waals surface area contributed by atoms with Gasteiger partial charge in [0.15, 0.2) is 5.16 Å². The van der Waals surface area contributed by atoms with E-state index < -0.39 is 5.97 Å². The van der Waals surface area contributed by atoms with Crippen LogP contribution in [0.5, 0.6) is 0 Å². The summed E-state index contributed by atoms with van der Waals surface area (Å²) in [5, 5.41) is 10.3. The van der Waals surface area contributed by atoms with Crippen molar-refractivity contribution in [3.63, 3.8) is 0 Å². The van der Waals surface area contributed by atoms with Crippen LogP contribution in [0.2, 0.25) is 0 Å². The molecule has 0 saturated carbocycles. The van der Waals surface area contributed by atoms with Crippen molar-refractivity contribution in [3.05, 3.63) is 82.0 Å². The van der Waals surface area contributed by atoms with Crippen LogP contribution in [-0.2, 0) is 4.79 Å². The van der Waals surface area contributed by atoms with Gasteiger partial charge in [-0.3, -0.25) is 0 Å². The molecule has 0 radical (unpaired) electrons. The molecule has 2 heterocycles. The van der Waals surface area contributed by atoms with Gasteiger partial charge in [0.05, 0.1) is 11.0 Å². The van der Waals surface area contributed by atoms with Gasteiger partial charge in [0, 0.05) is 17.1 Å². The Morgan fingerprint density at radius 1 is 1.10 bits per heavy atom. The molecule has 0 fully saturated rings. The van der Waals surface area contributed by atoms with E-state index in [2.05, 4.69) is 39.7 Å². The highest BCUT2D eigenvalue weighted by Gasteiger charge is 2.16. The molecule has 2 aromatic heterocycles. The van der Waals surface area contributed by atoms with E-state index in [-0.39, 0.29) is 4.91 Å². The molecule has 0 unspecified atom stereocenters. The normalized spacial score (nSPS) is 11.9. The third kappa shape index (κ3) is 3.84. The van der Waals surface area contributed by atoms with Crippen molar-refractivity contribution < 1.29 is 9.90 Å². The van der Waals surface area contributed by atoms with Gasteiger partial charge in [0.1, 0.15) is 4.91 Å². The third-order valence-electron chi connectivity index (χ3n) is 4.80. The second kappa shape index (κ2) is 7.64. The zero-order valence-corrected chi connectivity index (χ0v) is 17.2. The van der Waals surface area contributed by atoms with Gasteiger partial charge >= 0.3 is 5.97 Å². The van der Waals surface area contributed by atoms with Crippen molar-refractivity contribution in [1.29, 1.82) is 0 Å². The highest BCUT2D eigenvalue weighted by molar-refractivity contribution is 8.04. The molecule has 0 bridgehead atoms. The van der Waals surface area contributed by atoms with Gasteiger partial charge in [0.25, 0.3) is 0 Å². The third-order valence-corrected chi connectivity index (χ3v) is 5.70. The average Bonchev–Trinajstić information content (AvgIpc) is 3.21. The maximum atomic E-state index is 11.9. The molecular weight excluding hydrogens is 382 g/mol. The molecule has 0 aliphatic heterocycles. The number of thioether (sulfide) groups is 1. The molecular formula is C23H21N3O2S. The van der Waals surface area contributed by atoms with Crippen LogP contribution in [0.15, 0.2) is 64.7 Å². The number of imidazole rings is 1. The average molecular weight is 404 g/mol. The minimum absolute atomic E-state index is 0.216. The van der Waals surface area contributed by atoms with E-state index in [0.29, 0.717) is 5.16 Å². The van der Waals surface area contributed by atoms with Crippen LogP contribution >= 0.6 is 11.8 Å². The van der Waals surface area contributed by atoms with Gasteiger partial charge in [-0.1, -0.05) is 24.3 Å². The number of nitrogens with one attached hydrogen (secondary N) is 1. The lowest BCUT2D eigenvalue weighted by Crippen LogP contribution is -2.00. The molecule has 0 atom stereocenters. The Kier molecular flexibility index (Phi) is 5.03. The molecule has 29 heavy (non-hydrogen) atoms. The van der Waals surface area contributed by atoms with E-state index in [9.17, 15) is 9.90 Å². The standard InChI is InChI=1S/C23H21N3O2S/c1-14-7-6-8-18(11-14)26-15(2)12-17(16(26)3)13-21(22(27)28)29-23-24-19-9-4-5-10-20(19)25-23/h4-13H,1-3H3,(H,24,25)(H,27,28)/b21-13+. The second-order valence-corrected chi connectivity index (χ2v) is 8.01. The number of para-hydroxylation sites is 2. The molecule has 146 valence electrons. The fraction of sp³-hybridized carbons (Fsp3) is 0.130. The van der Waals surface area contributed by atoms with Gasteiger partial charge in [0.2, 0.25) is 0 Å². The van der Waals surface area contributed by atoms with Gasteiger partial charge in [-0.25, -0.2) is 9.78 Å². The Labute approximate surface area is 173 Å². The molecule has 4 aromatic rings. The van der Waals surface area contributed by atoms with Crippen LogP contribution in [-0.4, -0.2) is 25.6 Å². The van der Waals surface area contributed by atoms with Crippen LogP contribution < -0.4 is 0 Å². The molecule has 0 amide bonds. The zero-order valence-electron chi connectivity index (χ0n) is 16.4. The quantitative estimate of drug-likeness (QED) is 0.341. The molecule has 0 aliphatic rings. The van der Waals surface area contributed by atoms with Crippen LogP contribution in [0, 0.1) is 20.8 Å². The summed E-state index contributed by atoms with van der Waals surface area (Å²) in [7, 11) is 0. The fourth-order valence-corrected chi connectivity index (χ4v) is 4.24. The molecule has 2 aromatic carbocycles. The van der Waals surface area contributed by atoms with E-state index in [4.69, 9.17) is 0 Å². The lowest BCUT2D eigenvalue weighted by Gasteiger charge is -2.10. The number of carboxylic acid groups (broad SMARTS) is 1. The van der Waals surface area contributed by atoms with Crippen molar-refractivity contribution in [2.24, 2.45) is 0 Å². The Balaban J connectivity index is 1.72. The first-order chi connectivity index (χ1) is 13.9. The predicted octanol–water partition coefficient (Wildman–Crippen LogP) is 5.50. The van der Waals surface area contributed by atoms with Gasteiger partial charge in [-0.2, -0.15) is 0 Å². The summed E-state index contributed by atoms with van der Waals surface area (Å²) in [5.41, 5.74) is 6.88. The molecule has 5 nitrogen and oxygen atoms in total. The number of hydrogen-bond donors (Lipinski definition) is 2. The maximum absolute atomic E-state index is 11.9. The topological polar surface area (TPSA) is 70.9 Å². The van der Waals surface area contributed by atoms with Gasteiger partial charge < -0.3 is 14.7 Å². The van der Waals surface area contributed by atoms with Crippen molar-refractivity contribution >= 4 is 34.8 Å². The Hall–Kier alpha value is -3.25. The van der Waals surface area contributed by atoms with Gasteiger partial charge in [-0.15, -0.1) is 0 Å². The van der Waals surface area contributed by atoms with Crippen LogP contribution in [0.25, 0.3) is 22.8 Å². The number of hydrogen-bond acceptors (Lipinski definition) is 3. The highest BCUT2D eigenvalue weighted by Crippen LogP contribution is 2.30. The summed E-state index contributed by atoms with van der Waals surface area (Å²) < 4.78 is 2.14. The monoisotopic (exact) mass is 403 g/mol. The summed E-state index contributed by atoms with van der Waals surface area (Å²) in [4.78, 5) is 19.8. The Bertz CT molecular complexity index is 1220. The number of rotatable bonds is 5. The summed E-state index contributed by atoms with van der Waals surface area (Å²) in [6.45, 7) is 6.09. The molecule has 0 aliphatic carbocycles. The summed E-state index contributed by atoms with van der Waals surface area (Å²) in [6.07, 6.45) is 1.72. The number of aromatic nitrogens is 3. The number of carboxylic acids is 1. The smallest absolute Gasteiger partial charge is 0.342 e. The number of H-pyrrole nitrogens is 1. The predicted molar refractivity (Wildman–Crippen MR) is 118 cm³/mol. The Morgan fingerprint density at radius 3 is 2.62 bits per heavy atom. The number of aryl methyl sites for hydroxylation is 2. The summed E-state index contributed by atoms with van der Waals surface area (Å²) >= 11 is 1.13. The lowest BCUT2D eigenvalue weighted by atomic mass is 10.2. The van der Waals surface area contributed by atoms with E-state index in [1.165, 1.54) is 5.56 Å². The number of benzene rings is 2. The zero-order chi connectivity index (χ0) is 20.5. The molecule has 4 rings (SSSR count). The number of nitrogens with zero attached hydrogens (tertiary/aromatic N) is 2. The summed E-state index contributed by atoms with van der Waals surface area (Å²) in [6, 6.07) is 17.9. The minimum Gasteiger partial charge on any atom is -0.477 e. The van der Waals surface area contributed by atoms with Crippen LogP contribution in [0.3, 0.4) is 0 Å². The van der Waals surface area contributed by atoms with Gasteiger partial charge in [-0.05, 0) is 80.1 Å². The first kappa shape index (κ1) is 19.1. The number of aliphatic carboxylic acids is 1. The van der Waals surface area contributed by atoms with E-state index in [0.717, 1.165) is 45.4 Å². The first-order valence-corrected chi connectivity index (χ1v) is 10.1. The van der Waals surface area contributed by atoms with Crippen molar-refractivity contribution in [2.75, 3.05) is 0 Å². The van der Waals surface area contributed by atoms with Crippen molar-refractivity contribution in [1.82, 2.24) is 14.5 Å². The van der Waals surface area contributed by atoms with E-state index >= 15 is 0 Å². The minimum atomic E-state index is -0.976. The maximum Gasteiger partial charge on any atom is 0.342 e. The number of carbonyl (C=O) groups is 1.